The lowest BCUT2D eigenvalue weighted by Gasteiger charge is -2.34. The second kappa shape index (κ2) is 8.49. The molecule has 2 aliphatic rings. The van der Waals surface area contributed by atoms with Crippen LogP contribution in [0.15, 0.2) is 0 Å². The summed E-state index contributed by atoms with van der Waals surface area (Å²) in [6, 6.07) is 0. The number of hydrogen-bond acceptors (Lipinski definition) is 2. The summed E-state index contributed by atoms with van der Waals surface area (Å²) < 4.78 is 0. The van der Waals surface area contributed by atoms with Crippen LogP contribution in [0.1, 0.15) is 45.4 Å². The smallest absolute Gasteiger partial charge is 0.0225 e. The standard InChI is InChI=1S/C16H31ClN2/c1-15(4-8-17)5-11-18-12-6-16(7-13-18)14-19-9-2-3-10-19/h15-16H,2-14H2,1H3. The maximum Gasteiger partial charge on any atom is 0.0225 e. The molecule has 112 valence electrons. The van der Waals surface area contributed by atoms with Gasteiger partial charge >= 0.3 is 0 Å². The summed E-state index contributed by atoms with van der Waals surface area (Å²) in [6.07, 6.45) is 8.19. The van der Waals surface area contributed by atoms with Gasteiger partial charge in [0, 0.05) is 12.4 Å². The largest absolute Gasteiger partial charge is 0.303 e. The summed E-state index contributed by atoms with van der Waals surface area (Å²) >= 11 is 5.80. The molecule has 2 aliphatic heterocycles. The molecule has 0 spiro atoms. The van der Waals surface area contributed by atoms with Gasteiger partial charge in [-0.1, -0.05) is 6.92 Å². The molecule has 0 aromatic carbocycles. The Kier molecular flexibility index (Phi) is 6.97. The Morgan fingerprint density at radius 2 is 1.68 bits per heavy atom. The van der Waals surface area contributed by atoms with Crippen LogP contribution >= 0.6 is 11.6 Å². The number of nitrogens with zero attached hydrogens (tertiary/aromatic N) is 2. The van der Waals surface area contributed by atoms with Crippen LogP contribution in [0, 0.1) is 11.8 Å². The van der Waals surface area contributed by atoms with Crippen LogP contribution in [-0.2, 0) is 0 Å². The van der Waals surface area contributed by atoms with Gasteiger partial charge in [0.15, 0.2) is 0 Å². The lowest BCUT2D eigenvalue weighted by Crippen LogP contribution is -2.38. The van der Waals surface area contributed by atoms with Crippen LogP contribution in [0.25, 0.3) is 0 Å². The Balaban J connectivity index is 1.56. The van der Waals surface area contributed by atoms with Gasteiger partial charge in [-0.05, 0) is 83.1 Å². The molecule has 19 heavy (non-hydrogen) atoms. The van der Waals surface area contributed by atoms with Gasteiger partial charge in [-0.15, -0.1) is 11.6 Å². The first-order chi connectivity index (χ1) is 9.28. The third-order valence-corrected chi connectivity index (χ3v) is 5.18. The van der Waals surface area contributed by atoms with E-state index in [2.05, 4.69) is 16.7 Å². The van der Waals surface area contributed by atoms with E-state index in [4.69, 9.17) is 11.6 Å². The Bertz CT molecular complexity index is 233. The Morgan fingerprint density at radius 1 is 1.00 bits per heavy atom. The van der Waals surface area contributed by atoms with Crippen molar-refractivity contribution in [3.05, 3.63) is 0 Å². The van der Waals surface area contributed by atoms with E-state index in [1.54, 1.807) is 0 Å². The third kappa shape index (κ3) is 5.61. The minimum absolute atomic E-state index is 0.792. The monoisotopic (exact) mass is 286 g/mol. The first-order valence-corrected chi connectivity index (χ1v) is 8.82. The maximum atomic E-state index is 5.80. The van der Waals surface area contributed by atoms with E-state index in [9.17, 15) is 0 Å². The Hall–Kier alpha value is 0.210. The molecule has 2 fully saturated rings. The fraction of sp³-hybridized carbons (Fsp3) is 1.00. The van der Waals surface area contributed by atoms with Crippen molar-refractivity contribution in [1.29, 1.82) is 0 Å². The van der Waals surface area contributed by atoms with Crippen molar-refractivity contribution in [1.82, 2.24) is 9.80 Å². The second-order valence-corrected chi connectivity index (χ2v) is 7.04. The first-order valence-electron chi connectivity index (χ1n) is 8.28. The summed E-state index contributed by atoms with van der Waals surface area (Å²) in [5.74, 6) is 2.58. The van der Waals surface area contributed by atoms with E-state index in [0.29, 0.717) is 0 Å². The van der Waals surface area contributed by atoms with Crippen molar-refractivity contribution in [3.63, 3.8) is 0 Å². The average Bonchev–Trinajstić information content (AvgIpc) is 2.91. The van der Waals surface area contributed by atoms with Gasteiger partial charge in [0.1, 0.15) is 0 Å². The number of halogens is 1. The van der Waals surface area contributed by atoms with Crippen LogP contribution in [0.2, 0.25) is 0 Å². The van der Waals surface area contributed by atoms with E-state index in [0.717, 1.165) is 17.7 Å². The highest BCUT2D eigenvalue weighted by atomic mass is 35.5. The van der Waals surface area contributed by atoms with Crippen LogP contribution in [-0.4, -0.2) is 54.9 Å². The molecule has 2 saturated heterocycles. The summed E-state index contributed by atoms with van der Waals surface area (Å²) in [5.41, 5.74) is 0. The molecular weight excluding hydrogens is 256 g/mol. The molecule has 2 heterocycles. The molecule has 2 nitrogen and oxygen atoms in total. The molecule has 2 rings (SSSR count). The van der Waals surface area contributed by atoms with Gasteiger partial charge in [0.25, 0.3) is 0 Å². The zero-order valence-corrected chi connectivity index (χ0v) is 13.4. The predicted molar refractivity (Wildman–Crippen MR) is 84.0 cm³/mol. The topological polar surface area (TPSA) is 6.48 Å². The van der Waals surface area contributed by atoms with Crippen LogP contribution in [0.5, 0.6) is 0 Å². The van der Waals surface area contributed by atoms with Crippen molar-refractivity contribution in [2.24, 2.45) is 11.8 Å². The van der Waals surface area contributed by atoms with E-state index >= 15 is 0 Å². The number of hydrogen-bond donors (Lipinski definition) is 0. The molecule has 1 atom stereocenters. The molecular formula is C16H31ClN2. The summed E-state index contributed by atoms with van der Waals surface area (Å²) in [4.78, 5) is 5.36. The molecule has 0 aliphatic carbocycles. The minimum Gasteiger partial charge on any atom is -0.303 e. The van der Waals surface area contributed by atoms with Crippen molar-refractivity contribution in [3.8, 4) is 0 Å². The molecule has 0 aromatic rings. The highest BCUT2D eigenvalue weighted by Gasteiger charge is 2.22. The summed E-state index contributed by atoms with van der Waals surface area (Å²) in [7, 11) is 0. The molecule has 3 heteroatoms. The minimum atomic E-state index is 0.792. The lowest BCUT2D eigenvalue weighted by molar-refractivity contribution is 0.148. The number of alkyl halides is 1. The van der Waals surface area contributed by atoms with Crippen LogP contribution < -0.4 is 0 Å². The molecule has 0 N–H and O–H groups in total. The van der Waals surface area contributed by atoms with Crippen molar-refractivity contribution in [2.75, 3.05) is 45.1 Å². The Morgan fingerprint density at radius 3 is 2.32 bits per heavy atom. The van der Waals surface area contributed by atoms with E-state index in [-0.39, 0.29) is 0 Å². The van der Waals surface area contributed by atoms with Crippen molar-refractivity contribution < 1.29 is 0 Å². The quantitative estimate of drug-likeness (QED) is 0.662. The highest BCUT2D eigenvalue weighted by Crippen LogP contribution is 2.21. The molecule has 0 bridgehead atoms. The molecule has 0 saturated carbocycles. The van der Waals surface area contributed by atoms with Gasteiger partial charge in [-0.3, -0.25) is 0 Å². The zero-order chi connectivity index (χ0) is 13.5. The SMILES string of the molecule is CC(CCCl)CCN1CCC(CN2CCCC2)CC1. The molecule has 0 aromatic heterocycles. The predicted octanol–water partition coefficient (Wildman–Crippen LogP) is 3.45. The van der Waals surface area contributed by atoms with E-state index in [1.807, 2.05) is 0 Å². The number of likely N-dealkylation sites (tertiary alicyclic amines) is 2. The maximum absolute atomic E-state index is 5.80. The van der Waals surface area contributed by atoms with Gasteiger partial charge in [-0.25, -0.2) is 0 Å². The zero-order valence-electron chi connectivity index (χ0n) is 12.6. The van der Waals surface area contributed by atoms with Gasteiger partial charge in [0.05, 0.1) is 0 Å². The molecule has 0 radical (unpaired) electrons. The summed E-state index contributed by atoms with van der Waals surface area (Å²) in [5, 5.41) is 0. The van der Waals surface area contributed by atoms with E-state index < -0.39 is 0 Å². The fourth-order valence-corrected chi connectivity index (χ4v) is 3.83. The number of rotatable bonds is 7. The first kappa shape index (κ1) is 15.6. The highest BCUT2D eigenvalue weighted by molar-refractivity contribution is 6.17. The van der Waals surface area contributed by atoms with Crippen molar-refractivity contribution >= 4 is 11.6 Å². The average molecular weight is 287 g/mol. The summed E-state index contributed by atoms with van der Waals surface area (Å²) in [6.45, 7) is 10.4. The van der Waals surface area contributed by atoms with Gasteiger partial charge in [0.2, 0.25) is 0 Å². The Labute approximate surface area is 124 Å². The normalized spacial score (nSPS) is 24.9. The van der Waals surface area contributed by atoms with Gasteiger partial charge < -0.3 is 9.80 Å². The van der Waals surface area contributed by atoms with Crippen LogP contribution in [0.4, 0.5) is 0 Å². The van der Waals surface area contributed by atoms with Gasteiger partial charge in [-0.2, -0.15) is 0 Å². The van der Waals surface area contributed by atoms with E-state index in [1.165, 1.54) is 77.8 Å². The third-order valence-electron chi connectivity index (χ3n) is 4.96. The molecule has 0 amide bonds. The fourth-order valence-electron chi connectivity index (χ4n) is 3.46. The van der Waals surface area contributed by atoms with Crippen LogP contribution in [0.3, 0.4) is 0 Å². The second-order valence-electron chi connectivity index (χ2n) is 6.66. The molecule has 1 unspecified atom stereocenters. The van der Waals surface area contributed by atoms with Crippen molar-refractivity contribution in [2.45, 2.75) is 45.4 Å². The number of piperidine rings is 1. The lowest BCUT2D eigenvalue weighted by atomic mass is 9.95.